The number of benzene rings is 1. The minimum Gasteiger partial charge on any atom is -0.508 e. The highest BCUT2D eigenvalue weighted by molar-refractivity contribution is 5.48. The van der Waals surface area contributed by atoms with E-state index in [4.69, 9.17) is 10.2 Å². The first-order chi connectivity index (χ1) is 5.27. The van der Waals surface area contributed by atoms with Crippen LogP contribution >= 0.6 is 0 Å². The largest absolute Gasteiger partial charge is 0.508 e. The van der Waals surface area contributed by atoms with Gasteiger partial charge in [0.25, 0.3) is 0 Å². The van der Waals surface area contributed by atoms with Gasteiger partial charge in [-0.1, -0.05) is 0 Å². The van der Waals surface area contributed by atoms with E-state index in [9.17, 15) is 4.91 Å². The zero-order chi connectivity index (χ0) is 8.27. The Labute approximate surface area is 63.1 Å². The minimum absolute atomic E-state index is 0.0152. The summed E-state index contributed by atoms with van der Waals surface area (Å²) in [6, 6.07) is 4.00. The predicted octanol–water partition coefficient (Wildman–Crippen LogP) is 1.28. The highest BCUT2D eigenvalue weighted by Gasteiger charge is 2.01. The van der Waals surface area contributed by atoms with Crippen molar-refractivity contribution in [3.05, 3.63) is 28.7 Å². The Bertz CT molecular complexity index is 272. The number of nitroso groups, excluding NO2 is 1. The van der Waals surface area contributed by atoms with Crippen molar-refractivity contribution in [1.29, 1.82) is 0 Å². The van der Waals surface area contributed by atoms with Crippen molar-refractivity contribution in [3.63, 3.8) is 0 Å². The lowest BCUT2D eigenvalue weighted by molar-refractivity contribution is 0.281. The van der Waals surface area contributed by atoms with Crippen molar-refractivity contribution in [2.75, 3.05) is 0 Å². The van der Waals surface area contributed by atoms with Crippen molar-refractivity contribution >= 4 is 5.69 Å². The molecule has 0 saturated carbocycles. The van der Waals surface area contributed by atoms with E-state index >= 15 is 0 Å². The van der Waals surface area contributed by atoms with E-state index in [-0.39, 0.29) is 18.0 Å². The van der Waals surface area contributed by atoms with Gasteiger partial charge in [-0.05, 0) is 23.4 Å². The summed E-state index contributed by atoms with van der Waals surface area (Å²) in [6.45, 7) is -0.296. The van der Waals surface area contributed by atoms with Gasteiger partial charge in [-0.15, -0.1) is 4.91 Å². The number of hydrogen-bond donors (Lipinski definition) is 2. The highest BCUT2D eigenvalue weighted by Crippen LogP contribution is 2.23. The molecule has 0 radical (unpaired) electrons. The molecule has 0 aromatic heterocycles. The van der Waals surface area contributed by atoms with Crippen LogP contribution in [0.5, 0.6) is 5.75 Å². The van der Waals surface area contributed by atoms with Crippen molar-refractivity contribution in [3.8, 4) is 5.75 Å². The van der Waals surface area contributed by atoms with Crippen LogP contribution in [0.1, 0.15) is 5.56 Å². The second kappa shape index (κ2) is 3.12. The van der Waals surface area contributed by atoms with Gasteiger partial charge in [0, 0.05) is 5.56 Å². The molecule has 0 aliphatic heterocycles. The third-order valence-corrected chi connectivity index (χ3v) is 1.33. The SMILES string of the molecule is O=Nc1ccc(O)cc1CO. The molecule has 58 valence electrons. The summed E-state index contributed by atoms with van der Waals surface area (Å²) in [5.74, 6) is 0.0152. The molecule has 0 unspecified atom stereocenters. The summed E-state index contributed by atoms with van der Waals surface area (Å²) >= 11 is 0. The normalized spacial score (nSPS) is 9.55. The van der Waals surface area contributed by atoms with Gasteiger partial charge in [0.2, 0.25) is 0 Å². The molecular weight excluding hydrogens is 146 g/mol. The van der Waals surface area contributed by atoms with Crippen LogP contribution in [0.3, 0.4) is 0 Å². The van der Waals surface area contributed by atoms with E-state index in [1.54, 1.807) is 0 Å². The van der Waals surface area contributed by atoms with Gasteiger partial charge >= 0.3 is 0 Å². The molecule has 1 aromatic rings. The first-order valence-electron chi connectivity index (χ1n) is 3.04. The van der Waals surface area contributed by atoms with Crippen molar-refractivity contribution < 1.29 is 10.2 Å². The fraction of sp³-hybridized carbons (Fsp3) is 0.143. The molecule has 0 bridgehead atoms. The van der Waals surface area contributed by atoms with Crippen LogP contribution in [0, 0.1) is 4.91 Å². The fourth-order valence-electron chi connectivity index (χ4n) is 0.788. The standard InChI is InChI=1S/C7H7NO3/c9-4-5-3-6(10)1-2-7(5)8-11/h1-3,9-10H,4H2. The van der Waals surface area contributed by atoms with Gasteiger partial charge < -0.3 is 10.2 Å². The van der Waals surface area contributed by atoms with E-state index in [1.165, 1.54) is 18.2 Å². The van der Waals surface area contributed by atoms with Gasteiger partial charge in [0.1, 0.15) is 11.4 Å². The molecule has 0 saturated heterocycles. The average Bonchev–Trinajstić information content (AvgIpc) is 2.04. The van der Waals surface area contributed by atoms with Gasteiger partial charge in [0.05, 0.1) is 6.61 Å². The van der Waals surface area contributed by atoms with Crippen LogP contribution in [0.15, 0.2) is 23.4 Å². The Morgan fingerprint density at radius 2 is 2.18 bits per heavy atom. The van der Waals surface area contributed by atoms with Crippen molar-refractivity contribution in [2.24, 2.45) is 5.18 Å². The molecule has 4 heteroatoms. The first kappa shape index (κ1) is 7.68. The molecule has 0 atom stereocenters. The summed E-state index contributed by atoms with van der Waals surface area (Å²) in [5, 5.41) is 20.2. The van der Waals surface area contributed by atoms with Gasteiger partial charge in [0.15, 0.2) is 0 Å². The topological polar surface area (TPSA) is 69.9 Å². The number of aliphatic hydroxyl groups is 1. The Morgan fingerprint density at radius 1 is 1.45 bits per heavy atom. The van der Waals surface area contributed by atoms with E-state index in [1.807, 2.05) is 0 Å². The lowest BCUT2D eigenvalue weighted by Crippen LogP contribution is -1.82. The van der Waals surface area contributed by atoms with Crippen molar-refractivity contribution in [1.82, 2.24) is 0 Å². The monoisotopic (exact) mass is 153 g/mol. The molecular formula is C7H7NO3. The van der Waals surface area contributed by atoms with Crippen LogP contribution in [0.25, 0.3) is 0 Å². The number of phenols is 1. The number of hydrogen-bond acceptors (Lipinski definition) is 4. The highest BCUT2D eigenvalue weighted by atomic mass is 16.3. The Balaban J connectivity index is 3.16. The Hall–Kier alpha value is -1.42. The molecule has 0 aliphatic carbocycles. The van der Waals surface area contributed by atoms with E-state index < -0.39 is 0 Å². The molecule has 0 aliphatic rings. The Kier molecular flexibility index (Phi) is 2.18. The van der Waals surface area contributed by atoms with Crippen LogP contribution in [-0.2, 0) is 6.61 Å². The van der Waals surface area contributed by atoms with Gasteiger partial charge in [-0.25, -0.2) is 0 Å². The summed E-state index contributed by atoms with van der Waals surface area (Å²) in [5.41, 5.74) is 0.491. The third kappa shape index (κ3) is 1.53. The van der Waals surface area contributed by atoms with Crippen LogP contribution in [0.4, 0.5) is 5.69 Å². The Morgan fingerprint density at radius 3 is 2.73 bits per heavy atom. The molecule has 11 heavy (non-hydrogen) atoms. The first-order valence-corrected chi connectivity index (χ1v) is 3.04. The maximum atomic E-state index is 10.1. The summed E-state index contributed by atoms with van der Waals surface area (Å²) in [6.07, 6.45) is 0. The fourth-order valence-corrected chi connectivity index (χ4v) is 0.788. The van der Waals surface area contributed by atoms with Crippen LogP contribution in [0.2, 0.25) is 0 Å². The summed E-state index contributed by atoms with van der Waals surface area (Å²) < 4.78 is 0. The zero-order valence-corrected chi connectivity index (χ0v) is 5.69. The number of nitrogens with zero attached hydrogens (tertiary/aromatic N) is 1. The van der Waals surface area contributed by atoms with E-state index in [0.717, 1.165) is 0 Å². The molecule has 4 nitrogen and oxygen atoms in total. The third-order valence-electron chi connectivity index (χ3n) is 1.33. The van der Waals surface area contributed by atoms with Crippen LogP contribution in [-0.4, -0.2) is 10.2 Å². The maximum Gasteiger partial charge on any atom is 0.116 e. The second-order valence-electron chi connectivity index (χ2n) is 2.06. The quantitative estimate of drug-likeness (QED) is 0.629. The average molecular weight is 153 g/mol. The molecule has 0 fully saturated rings. The molecule has 0 spiro atoms. The summed E-state index contributed by atoms with van der Waals surface area (Å²) in [7, 11) is 0. The second-order valence-corrected chi connectivity index (χ2v) is 2.06. The molecule has 1 aromatic carbocycles. The van der Waals surface area contributed by atoms with E-state index in [2.05, 4.69) is 5.18 Å². The number of aromatic hydroxyl groups is 1. The number of rotatable bonds is 2. The lowest BCUT2D eigenvalue weighted by atomic mass is 10.2. The smallest absolute Gasteiger partial charge is 0.116 e. The lowest BCUT2D eigenvalue weighted by Gasteiger charge is -1.98. The maximum absolute atomic E-state index is 10.1. The summed E-state index contributed by atoms with van der Waals surface area (Å²) in [4.78, 5) is 10.1. The predicted molar refractivity (Wildman–Crippen MR) is 39.5 cm³/mol. The van der Waals surface area contributed by atoms with Crippen molar-refractivity contribution in [2.45, 2.75) is 6.61 Å². The number of phenolic OH excluding ortho intramolecular Hbond substituents is 1. The molecule has 0 amide bonds. The van der Waals surface area contributed by atoms with E-state index in [0.29, 0.717) is 5.56 Å². The minimum atomic E-state index is -0.296. The van der Waals surface area contributed by atoms with Gasteiger partial charge in [-0.3, -0.25) is 0 Å². The number of aliphatic hydroxyl groups excluding tert-OH is 1. The molecule has 2 N–H and O–H groups in total. The molecule has 0 heterocycles. The van der Waals surface area contributed by atoms with Crippen LogP contribution < -0.4 is 0 Å². The zero-order valence-electron chi connectivity index (χ0n) is 5.69. The van der Waals surface area contributed by atoms with Gasteiger partial charge in [-0.2, -0.15) is 0 Å². The molecule has 1 rings (SSSR count).